The Balaban J connectivity index is 1.67. The number of rotatable bonds is 10. The average molecular weight is 311 g/mol. The molecule has 0 aromatic heterocycles. The van der Waals surface area contributed by atoms with Gasteiger partial charge in [-0.05, 0) is 55.1 Å². The molecule has 0 bridgehead atoms. The summed E-state index contributed by atoms with van der Waals surface area (Å²) in [5.41, 5.74) is 4.10. The zero-order chi connectivity index (χ0) is 16.3. The number of nitrogens with one attached hydrogen (secondary N) is 1. The van der Waals surface area contributed by atoms with E-state index in [0.29, 0.717) is 0 Å². The summed E-state index contributed by atoms with van der Waals surface area (Å²) in [6.07, 6.45) is 4.68. The zero-order valence-electron chi connectivity index (χ0n) is 14.5. The lowest BCUT2D eigenvalue weighted by atomic mass is 10.1. The number of hydrogen-bond donors (Lipinski definition) is 1. The number of hydrogen-bond acceptors (Lipinski definition) is 2. The molecule has 0 aliphatic heterocycles. The van der Waals surface area contributed by atoms with Gasteiger partial charge in [-0.15, -0.1) is 0 Å². The van der Waals surface area contributed by atoms with Crippen LogP contribution < -0.4 is 10.1 Å². The van der Waals surface area contributed by atoms with Crippen LogP contribution >= 0.6 is 0 Å². The summed E-state index contributed by atoms with van der Waals surface area (Å²) >= 11 is 0. The van der Waals surface area contributed by atoms with Gasteiger partial charge in [0.1, 0.15) is 5.75 Å². The number of aryl methyl sites for hydroxylation is 1. The number of ether oxygens (including phenoxy) is 1. The van der Waals surface area contributed by atoms with Crippen molar-refractivity contribution in [1.82, 2.24) is 5.32 Å². The second kappa shape index (κ2) is 10.1. The summed E-state index contributed by atoms with van der Waals surface area (Å²) in [7, 11) is 0. The van der Waals surface area contributed by atoms with Gasteiger partial charge in [-0.2, -0.15) is 0 Å². The Morgan fingerprint density at radius 1 is 0.957 bits per heavy atom. The van der Waals surface area contributed by atoms with E-state index >= 15 is 0 Å². The van der Waals surface area contributed by atoms with Gasteiger partial charge in [0.25, 0.3) is 0 Å². The maximum atomic E-state index is 5.74. The van der Waals surface area contributed by atoms with Crippen molar-refractivity contribution in [3.63, 3.8) is 0 Å². The summed E-state index contributed by atoms with van der Waals surface area (Å²) in [6, 6.07) is 17.0. The number of benzene rings is 2. The van der Waals surface area contributed by atoms with Crippen molar-refractivity contribution in [3.8, 4) is 5.75 Å². The van der Waals surface area contributed by atoms with E-state index in [1.165, 1.54) is 29.5 Å². The third-order valence-corrected chi connectivity index (χ3v) is 4.10. The highest BCUT2D eigenvalue weighted by atomic mass is 16.5. The second-order valence-electron chi connectivity index (χ2n) is 6.05. The van der Waals surface area contributed by atoms with Crippen molar-refractivity contribution >= 4 is 0 Å². The van der Waals surface area contributed by atoms with Gasteiger partial charge in [-0.1, -0.05) is 56.2 Å². The van der Waals surface area contributed by atoms with Crippen molar-refractivity contribution in [3.05, 3.63) is 65.2 Å². The third kappa shape index (κ3) is 6.45. The molecule has 2 rings (SSSR count). The van der Waals surface area contributed by atoms with Crippen molar-refractivity contribution in [1.29, 1.82) is 0 Å². The lowest BCUT2D eigenvalue weighted by Crippen LogP contribution is -2.17. The van der Waals surface area contributed by atoms with Crippen LogP contribution in [0.4, 0.5) is 0 Å². The Kier molecular flexibility index (Phi) is 7.68. The largest absolute Gasteiger partial charge is 0.494 e. The molecule has 2 heteroatoms. The first-order chi connectivity index (χ1) is 11.3. The van der Waals surface area contributed by atoms with E-state index in [2.05, 4.69) is 67.7 Å². The normalized spacial score (nSPS) is 10.7. The van der Waals surface area contributed by atoms with Crippen LogP contribution in [0.2, 0.25) is 0 Å². The summed E-state index contributed by atoms with van der Waals surface area (Å²) in [4.78, 5) is 0. The molecule has 0 radical (unpaired) electrons. The third-order valence-electron chi connectivity index (χ3n) is 4.10. The lowest BCUT2D eigenvalue weighted by Gasteiger charge is -2.09. The van der Waals surface area contributed by atoms with E-state index < -0.39 is 0 Å². The molecule has 0 amide bonds. The fraction of sp³-hybridized carbons (Fsp3) is 0.429. The van der Waals surface area contributed by atoms with E-state index in [1.807, 2.05) is 0 Å². The molecular formula is C21H29NO. The molecule has 0 unspecified atom stereocenters. The van der Waals surface area contributed by atoms with Gasteiger partial charge >= 0.3 is 0 Å². The van der Waals surface area contributed by atoms with Crippen LogP contribution in [-0.4, -0.2) is 13.2 Å². The van der Waals surface area contributed by atoms with Crippen molar-refractivity contribution in [2.24, 2.45) is 0 Å². The van der Waals surface area contributed by atoms with E-state index in [4.69, 9.17) is 4.74 Å². The Morgan fingerprint density at radius 3 is 2.48 bits per heavy atom. The molecular weight excluding hydrogens is 282 g/mol. The molecule has 0 saturated heterocycles. The highest BCUT2D eigenvalue weighted by molar-refractivity contribution is 5.27. The predicted molar refractivity (Wildman–Crippen MR) is 98.1 cm³/mol. The van der Waals surface area contributed by atoms with Gasteiger partial charge in [0.15, 0.2) is 0 Å². The Bertz CT molecular complexity index is 562. The van der Waals surface area contributed by atoms with Gasteiger partial charge in [0.2, 0.25) is 0 Å². The first kappa shape index (κ1) is 17.6. The van der Waals surface area contributed by atoms with Gasteiger partial charge < -0.3 is 10.1 Å². The van der Waals surface area contributed by atoms with Crippen molar-refractivity contribution < 1.29 is 4.74 Å². The average Bonchev–Trinajstić information content (AvgIpc) is 2.58. The summed E-state index contributed by atoms with van der Waals surface area (Å²) in [5, 5.41) is 3.52. The molecule has 0 aliphatic rings. The maximum absolute atomic E-state index is 5.74. The fourth-order valence-electron chi connectivity index (χ4n) is 2.59. The molecule has 2 nitrogen and oxygen atoms in total. The molecule has 23 heavy (non-hydrogen) atoms. The smallest absolute Gasteiger partial charge is 0.119 e. The molecule has 2 aromatic carbocycles. The van der Waals surface area contributed by atoms with Gasteiger partial charge in [-0.3, -0.25) is 0 Å². The Labute approximate surface area is 140 Å². The van der Waals surface area contributed by atoms with Crippen LogP contribution in [0.1, 0.15) is 42.9 Å². The molecule has 0 aliphatic carbocycles. The van der Waals surface area contributed by atoms with Crippen LogP contribution in [0.15, 0.2) is 48.5 Å². The molecule has 0 saturated carbocycles. The fourth-order valence-corrected chi connectivity index (χ4v) is 2.59. The minimum Gasteiger partial charge on any atom is -0.494 e. The SMILES string of the molecule is CCCCCOc1ccc(CNCCc2ccccc2C)cc1. The summed E-state index contributed by atoms with van der Waals surface area (Å²) in [5.74, 6) is 0.977. The maximum Gasteiger partial charge on any atom is 0.119 e. The zero-order valence-corrected chi connectivity index (χ0v) is 14.5. The topological polar surface area (TPSA) is 21.3 Å². The highest BCUT2D eigenvalue weighted by Gasteiger charge is 1.98. The Morgan fingerprint density at radius 2 is 1.74 bits per heavy atom. The van der Waals surface area contributed by atoms with Crippen LogP contribution in [0.5, 0.6) is 5.75 Å². The van der Waals surface area contributed by atoms with Crippen molar-refractivity contribution in [2.45, 2.75) is 46.1 Å². The predicted octanol–water partition coefficient (Wildman–Crippen LogP) is 4.90. The van der Waals surface area contributed by atoms with Crippen LogP contribution in [-0.2, 0) is 13.0 Å². The minimum atomic E-state index is 0.821. The van der Waals surface area contributed by atoms with E-state index in [9.17, 15) is 0 Å². The van der Waals surface area contributed by atoms with Crippen LogP contribution in [0.25, 0.3) is 0 Å². The molecule has 124 valence electrons. The Hall–Kier alpha value is -1.80. The number of unbranched alkanes of at least 4 members (excludes halogenated alkanes) is 2. The monoisotopic (exact) mass is 311 g/mol. The van der Waals surface area contributed by atoms with Gasteiger partial charge in [-0.25, -0.2) is 0 Å². The molecule has 0 spiro atoms. The molecule has 0 fully saturated rings. The summed E-state index contributed by atoms with van der Waals surface area (Å²) < 4.78 is 5.74. The van der Waals surface area contributed by atoms with E-state index in [-0.39, 0.29) is 0 Å². The van der Waals surface area contributed by atoms with Gasteiger partial charge in [0, 0.05) is 6.54 Å². The van der Waals surface area contributed by atoms with Crippen molar-refractivity contribution in [2.75, 3.05) is 13.2 Å². The van der Waals surface area contributed by atoms with Crippen LogP contribution in [0.3, 0.4) is 0 Å². The van der Waals surface area contributed by atoms with Gasteiger partial charge in [0.05, 0.1) is 6.61 Å². The van der Waals surface area contributed by atoms with E-state index in [0.717, 1.165) is 38.3 Å². The summed E-state index contributed by atoms with van der Waals surface area (Å²) in [6.45, 7) is 7.11. The van der Waals surface area contributed by atoms with Crippen LogP contribution in [0, 0.1) is 6.92 Å². The lowest BCUT2D eigenvalue weighted by molar-refractivity contribution is 0.306. The second-order valence-corrected chi connectivity index (χ2v) is 6.05. The first-order valence-electron chi connectivity index (χ1n) is 8.76. The molecule has 1 N–H and O–H groups in total. The highest BCUT2D eigenvalue weighted by Crippen LogP contribution is 2.13. The quantitative estimate of drug-likeness (QED) is 0.630. The molecule has 0 atom stereocenters. The van der Waals surface area contributed by atoms with E-state index in [1.54, 1.807) is 0 Å². The molecule has 0 heterocycles. The first-order valence-corrected chi connectivity index (χ1v) is 8.76. The minimum absolute atomic E-state index is 0.821. The standard InChI is InChI=1S/C21H29NO/c1-3-4-7-16-23-21-12-10-19(11-13-21)17-22-15-14-20-9-6-5-8-18(20)2/h5-6,8-13,22H,3-4,7,14-17H2,1-2H3. The molecule has 2 aromatic rings.